The van der Waals surface area contributed by atoms with Crippen LogP contribution < -0.4 is 5.73 Å². The maximum absolute atomic E-state index is 12.1. The second-order valence-corrected chi connectivity index (χ2v) is 7.57. The van der Waals surface area contributed by atoms with Gasteiger partial charge in [-0.2, -0.15) is 0 Å². The first-order chi connectivity index (χ1) is 8.86. The van der Waals surface area contributed by atoms with Crippen molar-refractivity contribution in [1.82, 2.24) is 4.57 Å². The molecule has 1 aromatic heterocycles. The number of nitrogens with zero attached hydrogens (tertiary/aromatic N) is 1. The van der Waals surface area contributed by atoms with Gasteiger partial charge in [-0.05, 0) is 39.0 Å². The zero-order valence-corrected chi connectivity index (χ0v) is 12.4. The van der Waals surface area contributed by atoms with E-state index in [-0.39, 0.29) is 11.0 Å². The van der Waals surface area contributed by atoms with Crippen LogP contribution in [0.3, 0.4) is 0 Å². The molecule has 0 aliphatic carbocycles. The molecule has 19 heavy (non-hydrogen) atoms. The van der Waals surface area contributed by atoms with E-state index < -0.39 is 9.84 Å². The third-order valence-corrected chi connectivity index (χ3v) is 5.58. The SMILES string of the molecule is CCn1c(CS(=O)(=O)C(C)C)cc2c(N)cccc21. The molecule has 0 unspecified atom stereocenters. The summed E-state index contributed by atoms with van der Waals surface area (Å²) in [7, 11) is -3.11. The quantitative estimate of drug-likeness (QED) is 0.875. The summed E-state index contributed by atoms with van der Waals surface area (Å²) in [5.74, 6) is 0.0621. The molecule has 0 fully saturated rings. The summed E-state index contributed by atoms with van der Waals surface area (Å²) >= 11 is 0. The Balaban J connectivity index is 2.59. The minimum Gasteiger partial charge on any atom is -0.398 e. The van der Waals surface area contributed by atoms with Crippen LogP contribution in [0.2, 0.25) is 0 Å². The Hall–Kier alpha value is -1.49. The molecule has 0 spiro atoms. The number of hydrogen-bond acceptors (Lipinski definition) is 3. The second-order valence-electron chi connectivity index (χ2n) is 5.02. The Kier molecular flexibility index (Phi) is 3.58. The highest BCUT2D eigenvalue weighted by atomic mass is 32.2. The third kappa shape index (κ3) is 2.47. The lowest BCUT2D eigenvalue weighted by Gasteiger charge is -2.10. The largest absolute Gasteiger partial charge is 0.398 e. The van der Waals surface area contributed by atoms with Crippen LogP contribution >= 0.6 is 0 Å². The fraction of sp³-hybridized carbons (Fsp3) is 0.429. The molecule has 0 radical (unpaired) electrons. The number of aromatic nitrogens is 1. The maximum Gasteiger partial charge on any atom is 0.158 e. The molecule has 0 amide bonds. The highest BCUT2D eigenvalue weighted by molar-refractivity contribution is 7.91. The number of nitrogens with two attached hydrogens (primary N) is 1. The van der Waals surface area contributed by atoms with E-state index in [0.29, 0.717) is 5.69 Å². The van der Waals surface area contributed by atoms with E-state index in [4.69, 9.17) is 5.73 Å². The number of anilines is 1. The standard InChI is InChI=1S/C14H20N2O2S/c1-4-16-11(9-19(17,18)10(2)3)8-12-13(15)6-5-7-14(12)16/h5-8,10H,4,9,15H2,1-3H3. The topological polar surface area (TPSA) is 65.1 Å². The van der Waals surface area contributed by atoms with Gasteiger partial charge in [-0.25, -0.2) is 8.42 Å². The van der Waals surface area contributed by atoms with Crippen LogP contribution in [0.5, 0.6) is 0 Å². The number of hydrogen-bond donors (Lipinski definition) is 1. The zero-order valence-electron chi connectivity index (χ0n) is 11.6. The Labute approximate surface area is 114 Å². The first kappa shape index (κ1) is 13.9. The van der Waals surface area contributed by atoms with Crippen molar-refractivity contribution in [1.29, 1.82) is 0 Å². The van der Waals surface area contributed by atoms with E-state index in [9.17, 15) is 8.42 Å². The summed E-state index contributed by atoms with van der Waals surface area (Å²) in [6.07, 6.45) is 0. The smallest absolute Gasteiger partial charge is 0.158 e. The number of aryl methyl sites for hydroxylation is 1. The molecule has 0 atom stereocenters. The van der Waals surface area contributed by atoms with Crippen molar-refractivity contribution < 1.29 is 8.42 Å². The van der Waals surface area contributed by atoms with E-state index in [1.807, 2.05) is 35.8 Å². The van der Waals surface area contributed by atoms with Gasteiger partial charge in [0.15, 0.2) is 9.84 Å². The normalized spacial score (nSPS) is 12.4. The minimum absolute atomic E-state index is 0.0621. The highest BCUT2D eigenvalue weighted by Crippen LogP contribution is 2.26. The number of rotatable bonds is 4. The molecule has 1 heterocycles. The van der Waals surface area contributed by atoms with Crippen molar-refractivity contribution >= 4 is 26.4 Å². The van der Waals surface area contributed by atoms with Crippen LogP contribution in [0.15, 0.2) is 24.3 Å². The van der Waals surface area contributed by atoms with Crippen molar-refractivity contribution in [3.05, 3.63) is 30.0 Å². The van der Waals surface area contributed by atoms with Gasteiger partial charge in [-0.1, -0.05) is 6.07 Å². The molecule has 1 aromatic carbocycles. The maximum atomic E-state index is 12.1. The van der Waals surface area contributed by atoms with E-state index in [2.05, 4.69) is 0 Å². The molecule has 0 bridgehead atoms. The lowest BCUT2D eigenvalue weighted by molar-refractivity contribution is 0.584. The van der Waals surface area contributed by atoms with Crippen LogP contribution in [0, 0.1) is 0 Å². The van der Waals surface area contributed by atoms with E-state index in [1.165, 1.54) is 0 Å². The first-order valence-electron chi connectivity index (χ1n) is 6.45. The summed E-state index contributed by atoms with van der Waals surface area (Å²) in [4.78, 5) is 0. The van der Waals surface area contributed by atoms with Gasteiger partial charge in [-0.15, -0.1) is 0 Å². The Morgan fingerprint density at radius 3 is 2.58 bits per heavy atom. The first-order valence-corrected chi connectivity index (χ1v) is 8.16. The predicted octanol–water partition coefficient (Wildman–Crippen LogP) is 2.57. The molecule has 0 aliphatic heterocycles. The summed E-state index contributed by atoms with van der Waals surface area (Å²) in [6.45, 7) is 6.16. The van der Waals surface area contributed by atoms with Gasteiger partial charge < -0.3 is 10.3 Å². The molecule has 4 nitrogen and oxygen atoms in total. The van der Waals surface area contributed by atoms with Crippen LogP contribution in [0.25, 0.3) is 10.9 Å². The fourth-order valence-electron chi connectivity index (χ4n) is 2.23. The minimum atomic E-state index is -3.11. The number of fused-ring (bicyclic) bond motifs is 1. The van der Waals surface area contributed by atoms with Crippen LogP contribution in [-0.4, -0.2) is 18.2 Å². The Morgan fingerprint density at radius 1 is 1.32 bits per heavy atom. The van der Waals surface area contributed by atoms with E-state index in [0.717, 1.165) is 23.1 Å². The van der Waals surface area contributed by atoms with Gasteiger partial charge in [0.1, 0.15) is 0 Å². The Bertz CT molecular complexity index is 700. The lowest BCUT2D eigenvalue weighted by atomic mass is 10.2. The average Bonchev–Trinajstić information content (AvgIpc) is 2.67. The molecule has 0 saturated carbocycles. The highest BCUT2D eigenvalue weighted by Gasteiger charge is 2.20. The molecule has 2 N–H and O–H groups in total. The molecule has 0 saturated heterocycles. The van der Waals surface area contributed by atoms with Crippen molar-refractivity contribution in [2.24, 2.45) is 0 Å². The van der Waals surface area contributed by atoms with Crippen LogP contribution in [0.4, 0.5) is 5.69 Å². The fourth-order valence-corrected chi connectivity index (χ4v) is 3.21. The van der Waals surface area contributed by atoms with Gasteiger partial charge in [0, 0.05) is 23.3 Å². The van der Waals surface area contributed by atoms with Crippen LogP contribution in [0.1, 0.15) is 26.5 Å². The zero-order chi connectivity index (χ0) is 14.2. The van der Waals surface area contributed by atoms with Crippen molar-refractivity contribution in [3.63, 3.8) is 0 Å². The summed E-state index contributed by atoms with van der Waals surface area (Å²) in [6, 6.07) is 7.60. The molecular weight excluding hydrogens is 260 g/mol. The van der Waals surface area contributed by atoms with E-state index in [1.54, 1.807) is 13.8 Å². The summed E-state index contributed by atoms with van der Waals surface area (Å²) in [5.41, 5.74) is 8.45. The third-order valence-electron chi connectivity index (χ3n) is 3.45. The number of benzene rings is 1. The van der Waals surface area contributed by atoms with E-state index >= 15 is 0 Å². The molecule has 5 heteroatoms. The monoisotopic (exact) mass is 280 g/mol. The predicted molar refractivity (Wildman–Crippen MR) is 79.8 cm³/mol. The average molecular weight is 280 g/mol. The van der Waals surface area contributed by atoms with Gasteiger partial charge in [-0.3, -0.25) is 0 Å². The number of sulfone groups is 1. The lowest BCUT2D eigenvalue weighted by Crippen LogP contribution is -2.18. The van der Waals surface area contributed by atoms with Gasteiger partial charge in [0.05, 0.1) is 16.5 Å². The summed E-state index contributed by atoms with van der Waals surface area (Å²) in [5, 5.41) is 0.562. The van der Waals surface area contributed by atoms with Gasteiger partial charge in [0.2, 0.25) is 0 Å². The molecule has 2 rings (SSSR count). The molecule has 0 aliphatic rings. The molecule has 104 valence electrons. The summed E-state index contributed by atoms with van der Waals surface area (Å²) < 4.78 is 26.2. The van der Waals surface area contributed by atoms with Crippen LogP contribution in [-0.2, 0) is 22.1 Å². The Morgan fingerprint density at radius 2 is 2.00 bits per heavy atom. The molecular formula is C14H20N2O2S. The van der Waals surface area contributed by atoms with Crippen molar-refractivity contribution in [2.45, 2.75) is 38.3 Å². The number of nitrogen functional groups attached to an aromatic ring is 1. The van der Waals surface area contributed by atoms with Crippen molar-refractivity contribution in [3.8, 4) is 0 Å². The second kappa shape index (κ2) is 4.89. The van der Waals surface area contributed by atoms with Gasteiger partial charge in [0.25, 0.3) is 0 Å². The van der Waals surface area contributed by atoms with Crippen molar-refractivity contribution in [2.75, 3.05) is 5.73 Å². The molecule has 2 aromatic rings. The van der Waals surface area contributed by atoms with Gasteiger partial charge >= 0.3 is 0 Å².